The number of rotatable bonds is 4. The number of nitrogens with zero attached hydrogens (tertiary/aromatic N) is 2. The van der Waals surface area contributed by atoms with Gasteiger partial charge in [-0.15, -0.1) is 0 Å². The highest BCUT2D eigenvalue weighted by Gasteiger charge is 2.06. The van der Waals surface area contributed by atoms with Crippen LogP contribution >= 0.6 is 0 Å². The van der Waals surface area contributed by atoms with Gasteiger partial charge in [0, 0.05) is 23.2 Å². The first-order chi connectivity index (χ1) is 11.2. The molecule has 0 aliphatic rings. The van der Waals surface area contributed by atoms with E-state index >= 15 is 0 Å². The average Bonchev–Trinajstić information content (AvgIpc) is 2.59. The van der Waals surface area contributed by atoms with Gasteiger partial charge in [-0.2, -0.15) is 5.26 Å². The largest absolute Gasteiger partial charge is 0.380 e. The van der Waals surface area contributed by atoms with Gasteiger partial charge in [-0.1, -0.05) is 30.3 Å². The van der Waals surface area contributed by atoms with E-state index in [9.17, 15) is 4.79 Å². The molecule has 5 heteroatoms. The molecule has 0 bridgehead atoms. The van der Waals surface area contributed by atoms with Gasteiger partial charge in [0.05, 0.1) is 5.52 Å². The normalized spacial score (nSPS) is 10.2. The second-order valence-corrected chi connectivity index (χ2v) is 5.10. The second kappa shape index (κ2) is 6.16. The van der Waals surface area contributed by atoms with E-state index in [-0.39, 0.29) is 0 Å². The molecule has 0 unspecified atom stereocenters. The first-order valence-electron chi connectivity index (χ1n) is 7.10. The highest BCUT2D eigenvalue weighted by Crippen LogP contribution is 2.23. The Bertz CT molecular complexity index is 928. The summed E-state index contributed by atoms with van der Waals surface area (Å²) in [5, 5.41) is 13.4. The van der Waals surface area contributed by atoms with E-state index in [1.165, 1.54) is 0 Å². The fourth-order valence-electron chi connectivity index (χ4n) is 2.41. The monoisotopic (exact) mass is 302 g/mol. The standard InChI is InChI=1S/C18H14N4O/c19-10-14-9-17(15-6-1-2-7-16(15)22-14)21-11-12-4-3-5-13(8-12)18(20)23/h1-9H,11H2,(H2,20,23)(H,21,22). The minimum absolute atomic E-state index is 0.358. The number of para-hydroxylation sites is 1. The average molecular weight is 302 g/mol. The molecule has 1 heterocycles. The maximum absolute atomic E-state index is 11.2. The SMILES string of the molecule is N#Cc1cc(NCc2cccc(C(N)=O)c2)c2ccccc2n1. The third-order valence-corrected chi connectivity index (χ3v) is 3.53. The molecule has 0 radical (unpaired) electrons. The maximum atomic E-state index is 11.2. The summed E-state index contributed by atoms with van der Waals surface area (Å²) < 4.78 is 0. The van der Waals surface area contributed by atoms with Crippen LogP contribution in [0.5, 0.6) is 0 Å². The van der Waals surface area contributed by atoms with Crippen LogP contribution in [-0.2, 0) is 6.54 Å². The highest BCUT2D eigenvalue weighted by molar-refractivity contribution is 5.93. The van der Waals surface area contributed by atoms with E-state index in [1.807, 2.05) is 30.3 Å². The topological polar surface area (TPSA) is 91.8 Å². The molecule has 0 fully saturated rings. The van der Waals surface area contributed by atoms with Gasteiger partial charge in [0.2, 0.25) is 5.91 Å². The van der Waals surface area contributed by atoms with Crippen molar-refractivity contribution >= 4 is 22.5 Å². The molecular formula is C18H14N4O. The van der Waals surface area contributed by atoms with Crippen molar-refractivity contribution in [3.63, 3.8) is 0 Å². The van der Waals surface area contributed by atoms with Crippen molar-refractivity contribution in [3.05, 3.63) is 71.4 Å². The van der Waals surface area contributed by atoms with Crippen molar-refractivity contribution in [2.75, 3.05) is 5.32 Å². The van der Waals surface area contributed by atoms with Crippen molar-refractivity contribution in [1.29, 1.82) is 5.26 Å². The van der Waals surface area contributed by atoms with Gasteiger partial charge in [-0.05, 0) is 29.8 Å². The number of benzene rings is 2. The summed E-state index contributed by atoms with van der Waals surface area (Å²) >= 11 is 0. The quantitative estimate of drug-likeness (QED) is 0.775. The Balaban J connectivity index is 1.91. The van der Waals surface area contributed by atoms with E-state index in [0.717, 1.165) is 22.2 Å². The van der Waals surface area contributed by atoms with Crippen LogP contribution in [0.3, 0.4) is 0 Å². The number of carbonyl (C=O) groups is 1. The molecule has 3 N–H and O–H groups in total. The Hall–Kier alpha value is -3.39. The van der Waals surface area contributed by atoms with Gasteiger partial charge >= 0.3 is 0 Å². The van der Waals surface area contributed by atoms with Gasteiger partial charge in [0.25, 0.3) is 0 Å². The summed E-state index contributed by atoms with van der Waals surface area (Å²) in [6.45, 7) is 0.514. The van der Waals surface area contributed by atoms with E-state index in [4.69, 9.17) is 11.0 Å². The Kier molecular flexibility index (Phi) is 3.89. The van der Waals surface area contributed by atoms with Gasteiger partial charge in [-0.3, -0.25) is 4.79 Å². The number of hydrogen-bond donors (Lipinski definition) is 2. The predicted octanol–water partition coefficient (Wildman–Crippen LogP) is 2.82. The lowest BCUT2D eigenvalue weighted by Crippen LogP contribution is -2.11. The van der Waals surface area contributed by atoms with Crippen LogP contribution in [0.25, 0.3) is 10.9 Å². The number of amides is 1. The van der Waals surface area contributed by atoms with Gasteiger partial charge in [0.1, 0.15) is 11.8 Å². The molecule has 0 aliphatic carbocycles. The predicted molar refractivity (Wildman–Crippen MR) is 88.7 cm³/mol. The zero-order chi connectivity index (χ0) is 16.2. The van der Waals surface area contributed by atoms with Crippen LogP contribution in [0.1, 0.15) is 21.6 Å². The Morgan fingerprint density at radius 3 is 2.78 bits per heavy atom. The number of fused-ring (bicyclic) bond motifs is 1. The summed E-state index contributed by atoms with van der Waals surface area (Å²) in [5.74, 6) is -0.451. The molecule has 2 aromatic carbocycles. The molecule has 1 amide bonds. The van der Waals surface area contributed by atoms with Crippen molar-refractivity contribution in [3.8, 4) is 6.07 Å². The van der Waals surface area contributed by atoms with Crippen LogP contribution < -0.4 is 11.1 Å². The number of anilines is 1. The number of carbonyl (C=O) groups excluding carboxylic acids is 1. The number of hydrogen-bond acceptors (Lipinski definition) is 4. The molecule has 0 atom stereocenters. The lowest BCUT2D eigenvalue weighted by atomic mass is 10.1. The molecule has 0 saturated heterocycles. The lowest BCUT2D eigenvalue weighted by molar-refractivity contribution is 0.1000. The van der Waals surface area contributed by atoms with Crippen molar-refractivity contribution < 1.29 is 4.79 Å². The second-order valence-electron chi connectivity index (χ2n) is 5.10. The van der Waals surface area contributed by atoms with E-state index < -0.39 is 5.91 Å². The molecule has 112 valence electrons. The van der Waals surface area contributed by atoms with Crippen molar-refractivity contribution in [1.82, 2.24) is 4.98 Å². The summed E-state index contributed by atoms with van der Waals surface area (Å²) in [4.78, 5) is 15.5. The molecular weight excluding hydrogens is 288 g/mol. The van der Waals surface area contributed by atoms with Crippen LogP contribution in [0.15, 0.2) is 54.6 Å². The number of nitrogens with two attached hydrogens (primary N) is 1. The fourth-order valence-corrected chi connectivity index (χ4v) is 2.41. The summed E-state index contributed by atoms with van der Waals surface area (Å²) in [6.07, 6.45) is 0. The minimum Gasteiger partial charge on any atom is -0.380 e. The molecule has 0 saturated carbocycles. The first-order valence-corrected chi connectivity index (χ1v) is 7.10. The van der Waals surface area contributed by atoms with Crippen LogP contribution in [-0.4, -0.2) is 10.9 Å². The Morgan fingerprint density at radius 1 is 1.17 bits per heavy atom. The van der Waals surface area contributed by atoms with Crippen molar-refractivity contribution in [2.24, 2.45) is 5.73 Å². The first kappa shape index (κ1) is 14.5. The van der Waals surface area contributed by atoms with Gasteiger partial charge < -0.3 is 11.1 Å². The van der Waals surface area contributed by atoms with Gasteiger partial charge in [0.15, 0.2) is 0 Å². The molecule has 0 aliphatic heterocycles. The molecule has 5 nitrogen and oxygen atoms in total. The Morgan fingerprint density at radius 2 is 2.00 bits per heavy atom. The highest BCUT2D eigenvalue weighted by atomic mass is 16.1. The zero-order valence-corrected chi connectivity index (χ0v) is 12.3. The van der Waals surface area contributed by atoms with Crippen LogP contribution in [0.2, 0.25) is 0 Å². The third-order valence-electron chi connectivity index (χ3n) is 3.53. The smallest absolute Gasteiger partial charge is 0.248 e. The third kappa shape index (κ3) is 3.11. The van der Waals surface area contributed by atoms with Gasteiger partial charge in [-0.25, -0.2) is 4.98 Å². The number of pyridine rings is 1. The lowest BCUT2D eigenvalue weighted by Gasteiger charge is -2.10. The number of nitrogens with one attached hydrogen (secondary N) is 1. The Labute approximate surface area is 133 Å². The van der Waals surface area contributed by atoms with E-state index in [2.05, 4.69) is 16.4 Å². The molecule has 23 heavy (non-hydrogen) atoms. The number of aromatic nitrogens is 1. The number of nitriles is 1. The molecule has 0 spiro atoms. The maximum Gasteiger partial charge on any atom is 0.248 e. The zero-order valence-electron chi connectivity index (χ0n) is 12.3. The van der Waals surface area contributed by atoms with Crippen LogP contribution in [0, 0.1) is 11.3 Å². The van der Waals surface area contributed by atoms with E-state index in [1.54, 1.807) is 24.3 Å². The van der Waals surface area contributed by atoms with Crippen LogP contribution in [0.4, 0.5) is 5.69 Å². The fraction of sp³-hybridized carbons (Fsp3) is 0.0556. The number of primary amides is 1. The summed E-state index contributed by atoms with van der Waals surface area (Å²) in [7, 11) is 0. The van der Waals surface area contributed by atoms with E-state index in [0.29, 0.717) is 17.8 Å². The molecule has 3 aromatic rings. The minimum atomic E-state index is -0.451. The summed E-state index contributed by atoms with van der Waals surface area (Å²) in [6, 6.07) is 18.6. The molecule has 1 aromatic heterocycles. The summed E-state index contributed by atoms with van der Waals surface area (Å²) in [5.41, 5.74) is 8.66. The molecule has 3 rings (SSSR count). The van der Waals surface area contributed by atoms with Crippen molar-refractivity contribution in [2.45, 2.75) is 6.54 Å².